The first-order valence-electron chi connectivity index (χ1n) is 5.86. The van der Waals surface area contributed by atoms with Crippen LogP contribution in [0.25, 0.3) is 0 Å². The largest absolute Gasteiger partial charge is 0.373 e. The molecule has 3 nitrogen and oxygen atoms in total. The Labute approximate surface area is 112 Å². The zero-order chi connectivity index (χ0) is 13.1. The van der Waals surface area contributed by atoms with Crippen LogP contribution in [0.15, 0.2) is 34.4 Å². The molecule has 0 spiro atoms. The van der Waals surface area contributed by atoms with E-state index in [0.717, 1.165) is 16.4 Å². The highest BCUT2D eigenvalue weighted by Gasteiger charge is 2.08. The summed E-state index contributed by atoms with van der Waals surface area (Å²) < 4.78 is 0. The Morgan fingerprint density at radius 2 is 1.89 bits per heavy atom. The molecule has 4 heteroatoms. The molecule has 0 aliphatic rings. The van der Waals surface area contributed by atoms with Crippen LogP contribution in [0.5, 0.6) is 0 Å². The van der Waals surface area contributed by atoms with Gasteiger partial charge in [-0.1, -0.05) is 29.5 Å². The summed E-state index contributed by atoms with van der Waals surface area (Å²) in [6.45, 7) is 6.28. The lowest BCUT2D eigenvalue weighted by atomic mass is 10.2. The molecule has 0 aliphatic heterocycles. The molecule has 94 valence electrons. The van der Waals surface area contributed by atoms with E-state index in [1.807, 2.05) is 14.0 Å². The Morgan fingerprint density at radius 1 is 1.11 bits per heavy atom. The average molecular weight is 259 g/mol. The maximum absolute atomic E-state index is 4.36. The van der Waals surface area contributed by atoms with Crippen molar-refractivity contribution >= 4 is 17.6 Å². The van der Waals surface area contributed by atoms with Gasteiger partial charge in [0.15, 0.2) is 0 Å². The molecule has 0 aliphatic carbocycles. The van der Waals surface area contributed by atoms with Crippen molar-refractivity contribution in [3.05, 3.63) is 41.2 Å². The first kappa shape index (κ1) is 12.9. The number of aromatic nitrogens is 2. The summed E-state index contributed by atoms with van der Waals surface area (Å²) in [7, 11) is 1.88. The smallest absolute Gasteiger partial charge is 0.133 e. The Hall–Kier alpha value is -1.55. The summed E-state index contributed by atoms with van der Waals surface area (Å²) >= 11 is 1.69. The Morgan fingerprint density at radius 3 is 2.56 bits per heavy atom. The Kier molecular flexibility index (Phi) is 3.87. The van der Waals surface area contributed by atoms with Gasteiger partial charge in [0.2, 0.25) is 0 Å². The maximum Gasteiger partial charge on any atom is 0.133 e. The van der Waals surface area contributed by atoms with Crippen LogP contribution >= 0.6 is 11.8 Å². The maximum atomic E-state index is 4.36. The van der Waals surface area contributed by atoms with Crippen LogP contribution in [-0.2, 0) is 0 Å². The molecule has 1 N–H and O–H groups in total. The summed E-state index contributed by atoms with van der Waals surface area (Å²) in [5.41, 5.74) is 3.65. The van der Waals surface area contributed by atoms with Crippen molar-refractivity contribution in [1.82, 2.24) is 9.97 Å². The number of aryl methyl sites for hydroxylation is 2. The standard InChI is InChI=1S/C14H17N3S/c1-9-5-6-12(10(2)7-9)18-14-11(3)13(15-4)16-8-17-14/h5-8H,1-4H3,(H,15,16,17). The van der Waals surface area contributed by atoms with E-state index in [9.17, 15) is 0 Å². The molecular weight excluding hydrogens is 242 g/mol. The fraction of sp³-hybridized carbons (Fsp3) is 0.286. The number of benzene rings is 1. The fourth-order valence-corrected chi connectivity index (χ4v) is 2.72. The molecule has 18 heavy (non-hydrogen) atoms. The lowest BCUT2D eigenvalue weighted by Gasteiger charge is -2.10. The van der Waals surface area contributed by atoms with Gasteiger partial charge in [0.25, 0.3) is 0 Å². The average Bonchev–Trinajstić information content (AvgIpc) is 2.35. The van der Waals surface area contributed by atoms with E-state index in [2.05, 4.69) is 47.3 Å². The van der Waals surface area contributed by atoms with E-state index in [1.165, 1.54) is 16.0 Å². The van der Waals surface area contributed by atoms with Gasteiger partial charge >= 0.3 is 0 Å². The molecule has 0 unspecified atom stereocenters. The van der Waals surface area contributed by atoms with Gasteiger partial charge in [-0.25, -0.2) is 9.97 Å². The van der Waals surface area contributed by atoms with Crippen LogP contribution in [0, 0.1) is 20.8 Å². The second-order valence-corrected chi connectivity index (χ2v) is 5.30. The first-order chi connectivity index (χ1) is 8.61. The summed E-state index contributed by atoms with van der Waals surface area (Å²) in [6, 6.07) is 6.47. The number of rotatable bonds is 3. The van der Waals surface area contributed by atoms with Crippen molar-refractivity contribution in [2.75, 3.05) is 12.4 Å². The molecule has 0 saturated heterocycles. The van der Waals surface area contributed by atoms with Crippen LogP contribution in [-0.4, -0.2) is 17.0 Å². The molecule has 0 atom stereocenters. The number of nitrogens with zero attached hydrogens (tertiary/aromatic N) is 2. The quantitative estimate of drug-likeness (QED) is 0.855. The summed E-state index contributed by atoms with van der Waals surface area (Å²) in [5.74, 6) is 0.886. The third-order valence-corrected chi connectivity index (χ3v) is 4.09. The normalized spacial score (nSPS) is 10.4. The molecule has 0 fully saturated rings. The molecular formula is C14H17N3S. The van der Waals surface area contributed by atoms with E-state index in [4.69, 9.17) is 0 Å². The first-order valence-corrected chi connectivity index (χ1v) is 6.68. The molecule has 1 heterocycles. The van der Waals surface area contributed by atoms with Crippen molar-refractivity contribution < 1.29 is 0 Å². The molecule has 0 amide bonds. The minimum absolute atomic E-state index is 0.886. The van der Waals surface area contributed by atoms with Crippen LogP contribution in [0.3, 0.4) is 0 Å². The van der Waals surface area contributed by atoms with Crippen molar-refractivity contribution in [1.29, 1.82) is 0 Å². The highest BCUT2D eigenvalue weighted by molar-refractivity contribution is 7.99. The van der Waals surface area contributed by atoms with Gasteiger partial charge < -0.3 is 5.32 Å². The molecule has 1 aromatic heterocycles. The van der Waals surface area contributed by atoms with Gasteiger partial charge in [-0.15, -0.1) is 0 Å². The van der Waals surface area contributed by atoms with Gasteiger partial charge in [0.05, 0.1) is 0 Å². The van der Waals surface area contributed by atoms with Crippen LogP contribution < -0.4 is 5.32 Å². The van der Waals surface area contributed by atoms with Crippen molar-refractivity contribution in [3.8, 4) is 0 Å². The zero-order valence-corrected chi connectivity index (χ0v) is 11.9. The zero-order valence-electron chi connectivity index (χ0n) is 11.1. The third-order valence-electron chi connectivity index (χ3n) is 2.81. The van der Waals surface area contributed by atoms with Gasteiger partial charge in [-0.3, -0.25) is 0 Å². The fourth-order valence-electron chi connectivity index (χ4n) is 1.81. The highest BCUT2D eigenvalue weighted by atomic mass is 32.2. The summed E-state index contributed by atoms with van der Waals surface area (Å²) in [4.78, 5) is 9.80. The van der Waals surface area contributed by atoms with Crippen molar-refractivity contribution in [2.24, 2.45) is 0 Å². The molecule has 0 radical (unpaired) electrons. The topological polar surface area (TPSA) is 37.8 Å². The van der Waals surface area contributed by atoms with Crippen molar-refractivity contribution in [2.45, 2.75) is 30.7 Å². The van der Waals surface area contributed by atoms with Crippen LogP contribution in [0.1, 0.15) is 16.7 Å². The van der Waals surface area contributed by atoms with Crippen LogP contribution in [0.2, 0.25) is 0 Å². The van der Waals surface area contributed by atoms with E-state index in [1.54, 1.807) is 18.1 Å². The lowest BCUT2D eigenvalue weighted by molar-refractivity contribution is 1.00. The number of hydrogen-bond acceptors (Lipinski definition) is 4. The van der Waals surface area contributed by atoms with E-state index >= 15 is 0 Å². The van der Waals surface area contributed by atoms with Gasteiger partial charge in [-0.2, -0.15) is 0 Å². The second-order valence-electron chi connectivity index (χ2n) is 4.27. The van der Waals surface area contributed by atoms with Gasteiger partial charge in [0, 0.05) is 17.5 Å². The second kappa shape index (κ2) is 5.40. The lowest BCUT2D eigenvalue weighted by Crippen LogP contribution is -1.98. The third kappa shape index (κ3) is 2.64. The number of anilines is 1. The summed E-state index contributed by atoms with van der Waals surface area (Å²) in [6.07, 6.45) is 1.60. The monoisotopic (exact) mass is 259 g/mol. The van der Waals surface area contributed by atoms with Gasteiger partial charge in [-0.05, 0) is 32.4 Å². The molecule has 2 rings (SSSR count). The minimum atomic E-state index is 0.886. The van der Waals surface area contributed by atoms with E-state index in [0.29, 0.717) is 0 Å². The Bertz CT molecular complexity index is 567. The number of hydrogen-bond donors (Lipinski definition) is 1. The highest BCUT2D eigenvalue weighted by Crippen LogP contribution is 2.32. The van der Waals surface area contributed by atoms with Crippen molar-refractivity contribution in [3.63, 3.8) is 0 Å². The Balaban J connectivity index is 2.34. The predicted octanol–water partition coefficient (Wildman–Crippen LogP) is 3.59. The van der Waals surface area contributed by atoms with Crippen LogP contribution in [0.4, 0.5) is 5.82 Å². The number of nitrogens with one attached hydrogen (secondary N) is 1. The minimum Gasteiger partial charge on any atom is -0.373 e. The van der Waals surface area contributed by atoms with E-state index in [-0.39, 0.29) is 0 Å². The SMILES string of the molecule is CNc1ncnc(Sc2ccc(C)cc2C)c1C. The summed E-state index contributed by atoms with van der Waals surface area (Å²) in [5, 5.41) is 4.08. The molecule has 2 aromatic rings. The van der Waals surface area contributed by atoms with Gasteiger partial charge in [0.1, 0.15) is 17.2 Å². The molecule has 1 aromatic carbocycles. The molecule has 0 saturated carbocycles. The molecule has 0 bridgehead atoms. The predicted molar refractivity (Wildman–Crippen MR) is 76.4 cm³/mol. The van der Waals surface area contributed by atoms with E-state index < -0.39 is 0 Å².